The number of rotatable bonds is 6. The monoisotopic (exact) mass is 291 g/mol. The van der Waals surface area contributed by atoms with Crippen molar-refractivity contribution in [2.75, 3.05) is 0 Å². The highest BCUT2D eigenvalue weighted by Crippen LogP contribution is 2.32. The minimum Gasteiger partial charge on any atom is -0.481 e. The van der Waals surface area contributed by atoms with Gasteiger partial charge in [0.05, 0.1) is 5.41 Å². The lowest BCUT2D eigenvalue weighted by molar-refractivity contribution is -0.146. The van der Waals surface area contributed by atoms with E-state index in [1.165, 1.54) is 5.56 Å². The van der Waals surface area contributed by atoms with Crippen molar-refractivity contribution in [2.45, 2.75) is 65.3 Å². The van der Waals surface area contributed by atoms with Crippen LogP contribution in [0.3, 0.4) is 0 Å². The molecule has 0 unspecified atom stereocenters. The van der Waals surface area contributed by atoms with E-state index in [-0.39, 0.29) is 11.0 Å². The van der Waals surface area contributed by atoms with E-state index in [1.54, 1.807) is 13.8 Å². The van der Waals surface area contributed by atoms with Gasteiger partial charge in [0.15, 0.2) is 0 Å². The fraction of sp³-hybridized carbons (Fsp3) is 0.611. The van der Waals surface area contributed by atoms with Gasteiger partial charge in [0.2, 0.25) is 0 Å². The summed E-state index contributed by atoms with van der Waals surface area (Å²) >= 11 is 0. The Kier molecular flexibility index (Phi) is 4.89. The summed E-state index contributed by atoms with van der Waals surface area (Å²) in [5.41, 5.74) is 7.40. The molecule has 0 fully saturated rings. The maximum atomic E-state index is 11.3. The van der Waals surface area contributed by atoms with Crippen LogP contribution in [0.25, 0.3) is 0 Å². The van der Waals surface area contributed by atoms with E-state index in [1.807, 2.05) is 26.0 Å². The molecule has 0 spiro atoms. The summed E-state index contributed by atoms with van der Waals surface area (Å²) in [5.74, 6) is -0.768. The predicted octanol–water partition coefficient (Wildman–Crippen LogP) is 3.74. The Bertz CT molecular complexity index is 510. The van der Waals surface area contributed by atoms with E-state index in [9.17, 15) is 9.90 Å². The van der Waals surface area contributed by atoms with Crippen molar-refractivity contribution in [2.24, 2.45) is 11.1 Å². The zero-order valence-electron chi connectivity index (χ0n) is 14.2. The largest absolute Gasteiger partial charge is 0.481 e. The molecular formula is C18H29NO2. The topological polar surface area (TPSA) is 63.3 Å². The second-order valence-corrected chi connectivity index (χ2v) is 8.12. The first-order valence-electron chi connectivity index (χ1n) is 7.45. The van der Waals surface area contributed by atoms with Crippen LogP contribution >= 0.6 is 0 Å². The summed E-state index contributed by atoms with van der Waals surface area (Å²) in [6.45, 7) is 12.0. The number of carboxylic acids is 1. The maximum Gasteiger partial charge on any atom is 0.309 e. The van der Waals surface area contributed by atoms with Gasteiger partial charge in [-0.3, -0.25) is 4.79 Å². The van der Waals surface area contributed by atoms with E-state index >= 15 is 0 Å². The number of nitrogens with two attached hydrogens (primary N) is 1. The third-order valence-corrected chi connectivity index (χ3v) is 3.83. The van der Waals surface area contributed by atoms with Gasteiger partial charge in [-0.15, -0.1) is 0 Å². The van der Waals surface area contributed by atoms with Crippen LogP contribution in [0, 0.1) is 5.41 Å². The molecule has 0 heterocycles. The van der Waals surface area contributed by atoms with Gasteiger partial charge in [-0.25, -0.2) is 0 Å². The predicted molar refractivity (Wildman–Crippen MR) is 87.5 cm³/mol. The zero-order chi connectivity index (χ0) is 16.5. The molecule has 0 saturated carbocycles. The van der Waals surface area contributed by atoms with Crippen molar-refractivity contribution in [3.8, 4) is 0 Å². The number of aliphatic carboxylic acids is 1. The van der Waals surface area contributed by atoms with Crippen molar-refractivity contribution >= 4 is 5.97 Å². The molecule has 0 aromatic heterocycles. The van der Waals surface area contributed by atoms with Crippen LogP contribution in [-0.4, -0.2) is 16.6 Å². The summed E-state index contributed by atoms with van der Waals surface area (Å²) in [7, 11) is 0. The van der Waals surface area contributed by atoms with Gasteiger partial charge >= 0.3 is 5.97 Å². The van der Waals surface area contributed by atoms with Crippen molar-refractivity contribution in [3.63, 3.8) is 0 Å². The number of carboxylic acid groups (broad SMARTS) is 1. The Morgan fingerprint density at radius 1 is 1.14 bits per heavy atom. The lowest BCUT2D eigenvalue weighted by Crippen LogP contribution is -2.39. The van der Waals surface area contributed by atoms with E-state index in [0.717, 1.165) is 12.0 Å². The Labute approximate surface area is 128 Å². The van der Waals surface area contributed by atoms with E-state index < -0.39 is 11.4 Å². The second-order valence-electron chi connectivity index (χ2n) is 8.12. The minimum atomic E-state index is -0.768. The molecule has 0 atom stereocenters. The van der Waals surface area contributed by atoms with Crippen molar-refractivity contribution in [1.82, 2.24) is 0 Å². The average molecular weight is 291 g/mol. The molecule has 1 rings (SSSR count). The van der Waals surface area contributed by atoms with Crippen LogP contribution < -0.4 is 5.73 Å². The molecule has 0 bridgehead atoms. The summed E-state index contributed by atoms with van der Waals surface area (Å²) in [6, 6.07) is 8.23. The molecule has 1 aromatic carbocycles. The standard InChI is InChI=1S/C18H29NO2/c1-16(2,15(20)21)11-13-8-7-9-14(10-13)17(3,4)12-18(5,6)19/h7-10H,11-12,19H2,1-6H3,(H,20,21). The first-order valence-corrected chi connectivity index (χ1v) is 7.45. The Hall–Kier alpha value is -1.35. The van der Waals surface area contributed by atoms with Crippen LogP contribution in [0.2, 0.25) is 0 Å². The Morgan fingerprint density at radius 2 is 1.71 bits per heavy atom. The lowest BCUT2D eigenvalue weighted by atomic mass is 9.74. The second kappa shape index (κ2) is 5.80. The summed E-state index contributed by atoms with van der Waals surface area (Å²) in [6.07, 6.45) is 1.39. The van der Waals surface area contributed by atoms with Gasteiger partial charge < -0.3 is 10.8 Å². The molecule has 118 valence electrons. The Balaban J connectivity index is 3.03. The number of hydrogen-bond acceptors (Lipinski definition) is 2. The van der Waals surface area contributed by atoms with Gasteiger partial charge in [0, 0.05) is 5.54 Å². The van der Waals surface area contributed by atoms with Crippen LogP contribution in [0.1, 0.15) is 59.1 Å². The van der Waals surface area contributed by atoms with Gasteiger partial charge in [0.25, 0.3) is 0 Å². The third-order valence-electron chi connectivity index (χ3n) is 3.83. The first kappa shape index (κ1) is 17.7. The SMILES string of the molecule is CC(C)(N)CC(C)(C)c1cccc(CC(C)(C)C(=O)O)c1. The van der Waals surface area contributed by atoms with Crippen LogP contribution in [-0.2, 0) is 16.6 Å². The van der Waals surface area contributed by atoms with Crippen molar-refractivity contribution in [3.05, 3.63) is 35.4 Å². The fourth-order valence-electron chi connectivity index (χ4n) is 2.93. The summed E-state index contributed by atoms with van der Waals surface area (Å²) in [5, 5.41) is 9.27. The molecule has 0 aliphatic rings. The van der Waals surface area contributed by atoms with Gasteiger partial charge in [-0.2, -0.15) is 0 Å². The summed E-state index contributed by atoms with van der Waals surface area (Å²) < 4.78 is 0. The molecule has 0 radical (unpaired) electrons. The average Bonchev–Trinajstić information content (AvgIpc) is 2.25. The molecule has 0 amide bonds. The number of hydrogen-bond donors (Lipinski definition) is 2. The zero-order valence-corrected chi connectivity index (χ0v) is 14.2. The molecule has 3 nitrogen and oxygen atoms in total. The van der Waals surface area contributed by atoms with Crippen LogP contribution in [0.5, 0.6) is 0 Å². The summed E-state index contributed by atoms with van der Waals surface area (Å²) in [4.78, 5) is 11.3. The highest BCUT2D eigenvalue weighted by Gasteiger charge is 2.30. The normalized spacial score (nSPS) is 13.3. The molecule has 0 aliphatic heterocycles. The molecule has 21 heavy (non-hydrogen) atoms. The molecule has 1 aromatic rings. The quantitative estimate of drug-likeness (QED) is 0.839. The van der Waals surface area contributed by atoms with E-state index in [2.05, 4.69) is 26.0 Å². The van der Waals surface area contributed by atoms with Crippen LogP contribution in [0.4, 0.5) is 0 Å². The highest BCUT2D eigenvalue weighted by atomic mass is 16.4. The van der Waals surface area contributed by atoms with Gasteiger partial charge in [0.1, 0.15) is 0 Å². The highest BCUT2D eigenvalue weighted by molar-refractivity contribution is 5.74. The first-order chi connectivity index (χ1) is 9.33. The maximum absolute atomic E-state index is 11.3. The third kappa shape index (κ3) is 5.16. The minimum absolute atomic E-state index is 0.0401. The molecule has 3 N–H and O–H groups in total. The van der Waals surface area contributed by atoms with Gasteiger partial charge in [-0.1, -0.05) is 38.1 Å². The van der Waals surface area contributed by atoms with E-state index in [4.69, 9.17) is 5.73 Å². The smallest absolute Gasteiger partial charge is 0.309 e. The van der Waals surface area contributed by atoms with Gasteiger partial charge in [-0.05, 0) is 57.1 Å². The molecule has 0 aliphatic carbocycles. The van der Waals surface area contributed by atoms with Crippen LogP contribution in [0.15, 0.2) is 24.3 Å². The molecule has 0 saturated heterocycles. The van der Waals surface area contributed by atoms with Crippen molar-refractivity contribution < 1.29 is 9.90 Å². The fourth-order valence-corrected chi connectivity index (χ4v) is 2.93. The number of carbonyl (C=O) groups is 1. The molecular weight excluding hydrogens is 262 g/mol. The number of benzene rings is 1. The van der Waals surface area contributed by atoms with Crippen molar-refractivity contribution in [1.29, 1.82) is 0 Å². The molecule has 3 heteroatoms. The Morgan fingerprint density at radius 3 is 2.19 bits per heavy atom. The van der Waals surface area contributed by atoms with E-state index in [0.29, 0.717) is 6.42 Å². The lowest BCUT2D eigenvalue weighted by Gasteiger charge is -2.33.